The summed E-state index contributed by atoms with van der Waals surface area (Å²) in [6.45, 7) is 4.95. The van der Waals surface area contributed by atoms with Crippen LogP contribution in [-0.2, 0) is 4.74 Å². The molecule has 3 aromatic rings. The third kappa shape index (κ3) is 3.64. The van der Waals surface area contributed by atoms with Crippen LogP contribution in [0.3, 0.4) is 0 Å². The Morgan fingerprint density at radius 1 is 0.818 bits per heavy atom. The molecule has 0 heterocycles. The van der Waals surface area contributed by atoms with Gasteiger partial charge < -0.3 is 31.2 Å². The molecule has 0 spiro atoms. The topological polar surface area (TPSA) is 145 Å². The summed E-state index contributed by atoms with van der Waals surface area (Å²) in [6, 6.07) is 9.71. The molecule has 0 amide bonds. The summed E-state index contributed by atoms with van der Waals surface area (Å²) in [5.74, 6) is -1.43. The largest absolute Gasteiger partial charge is 0.507 e. The second-order valence-corrected chi connectivity index (χ2v) is 7.72. The van der Waals surface area contributed by atoms with Crippen LogP contribution in [0, 0.1) is 6.92 Å². The van der Waals surface area contributed by atoms with Crippen molar-refractivity contribution in [3.05, 3.63) is 64.2 Å². The minimum atomic E-state index is -0.672. The summed E-state index contributed by atoms with van der Waals surface area (Å²) in [7, 11) is 0. The highest BCUT2D eigenvalue weighted by molar-refractivity contribution is 6.34. The van der Waals surface area contributed by atoms with Crippen molar-refractivity contribution >= 4 is 22.9 Å². The Morgan fingerprint density at radius 3 is 2.00 bits per heavy atom. The fourth-order valence-corrected chi connectivity index (χ4v) is 4.02. The fraction of sp³-hybridized carbons (Fsp3) is 0.200. The second-order valence-electron chi connectivity index (χ2n) is 7.72. The minimum Gasteiger partial charge on any atom is -0.507 e. The van der Waals surface area contributed by atoms with Gasteiger partial charge in [0.05, 0.1) is 28.9 Å². The first-order valence-corrected chi connectivity index (χ1v) is 10.4. The van der Waals surface area contributed by atoms with Crippen molar-refractivity contribution in [2.75, 3.05) is 31.3 Å². The van der Waals surface area contributed by atoms with Crippen molar-refractivity contribution in [3.8, 4) is 28.4 Å². The molecule has 0 saturated carbocycles. The number of aryl methyl sites for hydroxylation is 1. The number of carbonyl (C=O) groups excluding carboxylic acids is 2. The van der Waals surface area contributed by atoms with E-state index in [1.807, 2.05) is 6.92 Å². The van der Waals surface area contributed by atoms with Gasteiger partial charge in [-0.1, -0.05) is 12.1 Å². The van der Waals surface area contributed by atoms with Crippen LogP contribution in [0.2, 0.25) is 0 Å². The Kier molecular flexibility index (Phi) is 5.69. The summed E-state index contributed by atoms with van der Waals surface area (Å²) in [5.41, 5.74) is 12.7. The fourth-order valence-electron chi connectivity index (χ4n) is 4.02. The molecule has 0 bridgehead atoms. The normalized spacial score (nSPS) is 12.4. The van der Waals surface area contributed by atoms with Gasteiger partial charge in [0.2, 0.25) is 11.6 Å². The molecule has 170 valence electrons. The van der Waals surface area contributed by atoms with Gasteiger partial charge in [-0.25, -0.2) is 0 Å². The number of nitrogen functional groups attached to an aromatic ring is 2. The van der Waals surface area contributed by atoms with Crippen molar-refractivity contribution < 1.29 is 29.3 Å². The lowest BCUT2D eigenvalue weighted by atomic mass is 9.79. The van der Waals surface area contributed by atoms with Gasteiger partial charge in [0.25, 0.3) is 0 Å². The average Bonchev–Trinajstić information content (AvgIpc) is 2.79. The highest BCUT2D eigenvalue weighted by Gasteiger charge is 2.38. The number of fused-ring (bicyclic) bond motifs is 2. The minimum absolute atomic E-state index is 0.0123. The molecule has 0 fully saturated rings. The molecule has 4 rings (SSSR count). The van der Waals surface area contributed by atoms with Crippen molar-refractivity contribution in [1.29, 1.82) is 0 Å². The van der Waals surface area contributed by atoms with Crippen LogP contribution >= 0.6 is 0 Å². The van der Waals surface area contributed by atoms with Gasteiger partial charge in [0.15, 0.2) is 0 Å². The van der Waals surface area contributed by atoms with Gasteiger partial charge in [-0.15, -0.1) is 0 Å². The van der Waals surface area contributed by atoms with E-state index in [1.54, 1.807) is 31.2 Å². The van der Waals surface area contributed by atoms with Crippen LogP contribution in [-0.4, -0.2) is 41.6 Å². The Labute approximate surface area is 190 Å². The summed E-state index contributed by atoms with van der Waals surface area (Å²) in [6.07, 6.45) is 0. The SMILES string of the molecule is CCOCCOc1ccc(-c2cc(N)c3c(c2O)C(=O)c2c(N)cc(C)c(O)c2C3=O)cc1. The lowest BCUT2D eigenvalue weighted by Crippen LogP contribution is -2.24. The molecular weight excluding hydrogens is 424 g/mol. The smallest absolute Gasteiger partial charge is 0.200 e. The first kappa shape index (κ1) is 22.2. The van der Waals surface area contributed by atoms with Gasteiger partial charge >= 0.3 is 0 Å². The summed E-state index contributed by atoms with van der Waals surface area (Å²) < 4.78 is 10.8. The molecular formula is C25H24N2O6. The zero-order valence-corrected chi connectivity index (χ0v) is 18.3. The lowest BCUT2D eigenvalue weighted by molar-refractivity contribution is 0.0975. The predicted octanol–water partition coefficient (Wildman–Crippen LogP) is 3.43. The van der Waals surface area contributed by atoms with E-state index >= 15 is 0 Å². The van der Waals surface area contributed by atoms with E-state index in [2.05, 4.69) is 0 Å². The molecule has 1 aliphatic carbocycles. The zero-order chi connectivity index (χ0) is 23.9. The van der Waals surface area contributed by atoms with Crippen molar-refractivity contribution in [1.82, 2.24) is 0 Å². The molecule has 33 heavy (non-hydrogen) atoms. The Balaban J connectivity index is 1.77. The number of anilines is 2. The number of hydrogen-bond acceptors (Lipinski definition) is 8. The number of nitrogens with two attached hydrogens (primary N) is 2. The molecule has 0 atom stereocenters. The number of phenolic OH excluding ortho intramolecular Hbond substituents is 2. The van der Waals surface area contributed by atoms with Crippen LogP contribution in [0.15, 0.2) is 36.4 Å². The van der Waals surface area contributed by atoms with Crippen molar-refractivity contribution in [2.24, 2.45) is 0 Å². The molecule has 1 aliphatic rings. The van der Waals surface area contributed by atoms with E-state index in [9.17, 15) is 19.8 Å². The molecule has 3 aromatic carbocycles. The van der Waals surface area contributed by atoms with E-state index in [-0.39, 0.29) is 50.7 Å². The highest BCUT2D eigenvalue weighted by atomic mass is 16.5. The van der Waals surface area contributed by atoms with Crippen LogP contribution in [0.5, 0.6) is 17.2 Å². The number of ether oxygens (including phenoxy) is 2. The van der Waals surface area contributed by atoms with Gasteiger partial charge in [0.1, 0.15) is 23.9 Å². The van der Waals surface area contributed by atoms with Crippen molar-refractivity contribution in [2.45, 2.75) is 13.8 Å². The first-order valence-electron chi connectivity index (χ1n) is 10.4. The molecule has 0 radical (unpaired) electrons. The maximum Gasteiger partial charge on any atom is 0.200 e. The molecule has 0 saturated heterocycles. The zero-order valence-electron chi connectivity index (χ0n) is 18.3. The Bertz CT molecular complexity index is 1280. The third-order valence-electron chi connectivity index (χ3n) is 5.63. The number of ketones is 2. The Hall–Kier alpha value is -4.04. The standard InChI is InChI=1S/C25H24N2O6/c1-3-32-8-9-33-14-6-4-13(5-7-14)15-11-17(27)19-21(23(15)29)25(31)18-16(26)10-12(2)22(28)20(18)24(19)30/h4-7,10-11,28-29H,3,8-9,26-27H2,1-2H3. The van der Waals surface area contributed by atoms with E-state index in [0.29, 0.717) is 36.7 Å². The maximum absolute atomic E-state index is 13.3. The summed E-state index contributed by atoms with van der Waals surface area (Å²) in [5, 5.41) is 21.5. The lowest BCUT2D eigenvalue weighted by Gasteiger charge is -2.24. The molecule has 8 heteroatoms. The first-order chi connectivity index (χ1) is 15.8. The maximum atomic E-state index is 13.3. The third-order valence-corrected chi connectivity index (χ3v) is 5.63. The van der Waals surface area contributed by atoms with Crippen LogP contribution < -0.4 is 16.2 Å². The second kappa shape index (κ2) is 8.48. The number of phenols is 2. The number of aromatic hydroxyl groups is 2. The van der Waals surface area contributed by atoms with Crippen LogP contribution in [0.4, 0.5) is 11.4 Å². The quantitative estimate of drug-likeness (QED) is 0.199. The van der Waals surface area contributed by atoms with E-state index < -0.39 is 11.6 Å². The molecule has 0 aromatic heterocycles. The van der Waals surface area contributed by atoms with Gasteiger partial charge in [-0.3, -0.25) is 9.59 Å². The van der Waals surface area contributed by atoms with Crippen LogP contribution in [0.25, 0.3) is 11.1 Å². The number of rotatable bonds is 6. The number of benzene rings is 3. The summed E-state index contributed by atoms with van der Waals surface area (Å²) in [4.78, 5) is 26.5. The van der Waals surface area contributed by atoms with Crippen LogP contribution in [0.1, 0.15) is 44.3 Å². The van der Waals surface area contributed by atoms with Gasteiger partial charge in [-0.2, -0.15) is 0 Å². The van der Waals surface area contributed by atoms with Gasteiger partial charge in [0, 0.05) is 23.5 Å². The van der Waals surface area contributed by atoms with Gasteiger partial charge in [-0.05, 0) is 49.2 Å². The Morgan fingerprint density at radius 2 is 1.39 bits per heavy atom. The average molecular weight is 448 g/mol. The van der Waals surface area contributed by atoms with E-state index in [0.717, 1.165) is 0 Å². The van der Waals surface area contributed by atoms with E-state index in [1.165, 1.54) is 12.1 Å². The number of hydrogen-bond donors (Lipinski definition) is 4. The molecule has 0 aliphatic heterocycles. The number of carbonyl (C=O) groups is 2. The molecule has 8 nitrogen and oxygen atoms in total. The monoisotopic (exact) mass is 448 g/mol. The van der Waals surface area contributed by atoms with E-state index in [4.69, 9.17) is 20.9 Å². The summed E-state index contributed by atoms with van der Waals surface area (Å²) >= 11 is 0. The van der Waals surface area contributed by atoms with Crippen molar-refractivity contribution in [3.63, 3.8) is 0 Å². The highest BCUT2D eigenvalue weighted by Crippen LogP contribution is 2.46. The predicted molar refractivity (Wildman–Crippen MR) is 124 cm³/mol. The molecule has 0 unspecified atom stereocenters. The molecule has 6 N–H and O–H groups in total.